The number of unbranched alkanes of at least 4 members (excludes halogenated alkanes) is 2. The molecule has 0 heterocycles. The predicted octanol–water partition coefficient (Wildman–Crippen LogP) is 8.93. The minimum absolute atomic E-state index is 0.217. The van der Waals surface area contributed by atoms with Crippen LogP contribution in [0.25, 0.3) is 11.1 Å². The number of carbonyl (C=O) groups is 1. The van der Waals surface area contributed by atoms with Crippen LogP contribution in [0, 0.1) is 11.7 Å². The number of hydrogen-bond acceptors (Lipinski definition) is 4. The Balaban J connectivity index is 1.32. The number of methoxy groups -OCH3 is 1. The fraction of sp³-hybridized carbons (Fsp3) is 0.387. The van der Waals surface area contributed by atoms with Crippen molar-refractivity contribution in [2.24, 2.45) is 5.92 Å². The molecule has 36 heavy (non-hydrogen) atoms. The number of ether oxygens (including phenoxy) is 3. The zero-order valence-corrected chi connectivity index (χ0v) is 21.2. The van der Waals surface area contributed by atoms with Crippen LogP contribution in [0.1, 0.15) is 69.8 Å². The summed E-state index contributed by atoms with van der Waals surface area (Å²) in [7, 11) is 1.56. The van der Waals surface area contributed by atoms with E-state index in [2.05, 4.69) is 13.0 Å². The maximum absolute atomic E-state index is 15.1. The second-order valence-electron chi connectivity index (χ2n) is 9.61. The highest BCUT2D eigenvalue weighted by Crippen LogP contribution is 2.39. The van der Waals surface area contributed by atoms with Gasteiger partial charge in [-0.3, -0.25) is 0 Å². The number of benzene rings is 3. The summed E-state index contributed by atoms with van der Waals surface area (Å²) in [4.78, 5) is 12.1. The first kappa shape index (κ1) is 25.7. The van der Waals surface area contributed by atoms with Crippen molar-refractivity contribution in [3.63, 3.8) is 0 Å². The van der Waals surface area contributed by atoms with Crippen molar-refractivity contribution >= 4 is 6.16 Å². The van der Waals surface area contributed by atoms with Crippen molar-refractivity contribution in [1.82, 2.24) is 0 Å². The van der Waals surface area contributed by atoms with Crippen LogP contribution in [-0.2, 0) is 0 Å². The Kier molecular flexibility index (Phi) is 8.99. The van der Waals surface area contributed by atoms with Gasteiger partial charge >= 0.3 is 6.16 Å². The first-order valence-corrected chi connectivity index (χ1v) is 13.0. The van der Waals surface area contributed by atoms with Gasteiger partial charge in [0.05, 0.1) is 7.11 Å². The zero-order chi connectivity index (χ0) is 25.3. The Labute approximate surface area is 213 Å². The summed E-state index contributed by atoms with van der Waals surface area (Å²) in [5, 5.41) is 0. The molecule has 0 aromatic heterocycles. The summed E-state index contributed by atoms with van der Waals surface area (Å²) in [5.41, 5.74) is 2.37. The van der Waals surface area contributed by atoms with Gasteiger partial charge in [-0.2, -0.15) is 0 Å². The standard InChI is InChI=1S/C31H35FO4/c1-3-4-5-6-22-7-9-23(10-8-22)25-13-20-29(30(32)21-25)24-11-14-27(15-12-24)35-31(33)36-28-18-16-26(34-2)17-19-28/h11-23H,3-10H2,1-2H3. The van der Waals surface area contributed by atoms with Crippen molar-refractivity contribution in [1.29, 1.82) is 0 Å². The van der Waals surface area contributed by atoms with Gasteiger partial charge in [-0.25, -0.2) is 9.18 Å². The predicted molar refractivity (Wildman–Crippen MR) is 140 cm³/mol. The van der Waals surface area contributed by atoms with Gasteiger partial charge < -0.3 is 14.2 Å². The van der Waals surface area contributed by atoms with Crippen molar-refractivity contribution in [2.75, 3.05) is 7.11 Å². The molecule has 0 radical (unpaired) electrons. The smallest absolute Gasteiger partial charge is 0.497 e. The van der Waals surface area contributed by atoms with Gasteiger partial charge in [-0.05, 0) is 91.1 Å². The average Bonchev–Trinajstić information content (AvgIpc) is 2.90. The Bertz CT molecular complexity index is 1120. The van der Waals surface area contributed by atoms with Crippen LogP contribution in [-0.4, -0.2) is 13.3 Å². The Morgan fingerprint density at radius 3 is 2.03 bits per heavy atom. The van der Waals surface area contributed by atoms with Crippen molar-refractivity contribution in [2.45, 2.75) is 64.2 Å². The fourth-order valence-electron chi connectivity index (χ4n) is 5.05. The van der Waals surface area contributed by atoms with E-state index in [1.807, 2.05) is 6.07 Å². The molecule has 4 nitrogen and oxygen atoms in total. The molecule has 1 aliphatic rings. The zero-order valence-electron chi connectivity index (χ0n) is 21.2. The van der Waals surface area contributed by atoms with Crippen LogP contribution >= 0.6 is 0 Å². The molecular weight excluding hydrogens is 455 g/mol. The Morgan fingerprint density at radius 1 is 0.833 bits per heavy atom. The molecule has 1 aliphatic carbocycles. The largest absolute Gasteiger partial charge is 0.519 e. The van der Waals surface area contributed by atoms with Gasteiger partial charge in [0.2, 0.25) is 0 Å². The van der Waals surface area contributed by atoms with Gasteiger partial charge in [-0.1, -0.05) is 56.9 Å². The molecule has 0 aliphatic heterocycles. The maximum Gasteiger partial charge on any atom is 0.519 e. The van der Waals surface area contributed by atoms with Gasteiger partial charge in [-0.15, -0.1) is 0 Å². The highest BCUT2D eigenvalue weighted by molar-refractivity contribution is 5.69. The summed E-state index contributed by atoms with van der Waals surface area (Å²) in [6, 6.07) is 19.0. The van der Waals surface area contributed by atoms with E-state index < -0.39 is 6.16 Å². The van der Waals surface area contributed by atoms with Gasteiger partial charge in [0.15, 0.2) is 0 Å². The summed E-state index contributed by atoms with van der Waals surface area (Å²) in [5.74, 6) is 2.41. The summed E-state index contributed by atoms with van der Waals surface area (Å²) in [6.07, 6.45) is 9.23. The van der Waals surface area contributed by atoms with E-state index in [9.17, 15) is 4.79 Å². The van der Waals surface area contributed by atoms with E-state index >= 15 is 4.39 Å². The highest BCUT2D eigenvalue weighted by Gasteiger charge is 2.23. The molecule has 0 bridgehead atoms. The lowest BCUT2D eigenvalue weighted by Gasteiger charge is -2.29. The Morgan fingerprint density at radius 2 is 1.44 bits per heavy atom. The third-order valence-corrected chi connectivity index (χ3v) is 7.15. The highest BCUT2D eigenvalue weighted by atomic mass is 19.1. The average molecular weight is 491 g/mol. The number of halogens is 1. The van der Waals surface area contributed by atoms with E-state index in [-0.39, 0.29) is 5.82 Å². The molecule has 0 spiro atoms. The molecule has 0 atom stereocenters. The summed E-state index contributed by atoms with van der Waals surface area (Å²) in [6.45, 7) is 2.25. The summed E-state index contributed by atoms with van der Waals surface area (Å²) < 4.78 is 30.6. The van der Waals surface area contributed by atoms with Gasteiger partial charge in [0.25, 0.3) is 0 Å². The minimum Gasteiger partial charge on any atom is -0.497 e. The normalized spacial score (nSPS) is 17.4. The molecule has 1 saturated carbocycles. The van der Waals surface area contributed by atoms with Crippen molar-refractivity contribution in [3.8, 4) is 28.4 Å². The molecule has 0 amide bonds. The third-order valence-electron chi connectivity index (χ3n) is 7.15. The van der Waals surface area contributed by atoms with Crippen LogP contribution < -0.4 is 14.2 Å². The first-order valence-electron chi connectivity index (χ1n) is 13.0. The van der Waals surface area contributed by atoms with E-state index in [1.165, 1.54) is 38.5 Å². The molecule has 5 heteroatoms. The number of rotatable bonds is 9. The topological polar surface area (TPSA) is 44.8 Å². The molecule has 0 unspecified atom stereocenters. The lowest BCUT2D eigenvalue weighted by Crippen LogP contribution is -2.13. The maximum atomic E-state index is 15.1. The second-order valence-corrected chi connectivity index (χ2v) is 9.61. The lowest BCUT2D eigenvalue weighted by molar-refractivity contribution is 0.152. The minimum atomic E-state index is -0.844. The quantitative estimate of drug-likeness (QED) is 0.171. The monoisotopic (exact) mass is 490 g/mol. The van der Waals surface area contributed by atoms with Crippen LogP contribution in [0.4, 0.5) is 9.18 Å². The van der Waals surface area contributed by atoms with Crippen molar-refractivity contribution < 1.29 is 23.4 Å². The molecule has 0 N–H and O–H groups in total. The third kappa shape index (κ3) is 6.87. The molecular formula is C31H35FO4. The van der Waals surface area contributed by atoms with Crippen LogP contribution in [0.3, 0.4) is 0 Å². The van der Waals surface area contributed by atoms with E-state index in [4.69, 9.17) is 14.2 Å². The van der Waals surface area contributed by atoms with Crippen LogP contribution in [0.15, 0.2) is 66.7 Å². The SMILES string of the molecule is CCCCCC1CCC(c2ccc(-c3ccc(OC(=O)Oc4ccc(OC)cc4)cc3)c(F)c2)CC1. The van der Waals surface area contributed by atoms with E-state index in [1.54, 1.807) is 61.7 Å². The van der Waals surface area contributed by atoms with Crippen molar-refractivity contribution in [3.05, 3.63) is 78.1 Å². The number of hydrogen-bond donors (Lipinski definition) is 0. The first-order chi connectivity index (χ1) is 17.6. The van der Waals surface area contributed by atoms with Crippen LogP contribution in [0.5, 0.6) is 17.2 Å². The Hall–Kier alpha value is -3.34. The fourth-order valence-corrected chi connectivity index (χ4v) is 5.05. The number of carbonyl (C=O) groups excluding carboxylic acids is 1. The molecule has 4 rings (SSSR count). The molecule has 3 aromatic carbocycles. The molecule has 3 aromatic rings. The van der Waals surface area contributed by atoms with Crippen LogP contribution in [0.2, 0.25) is 0 Å². The molecule has 1 fully saturated rings. The van der Waals surface area contributed by atoms with E-state index in [0.717, 1.165) is 29.9 Å². The van der Waals surface area contributed by atoms with E-state index in [0.29, 0.717) is 28.7 Å². The van der Waals surface area contributed by atoms with Gasteiger partial charge in [0, 0.05) is 5.56 Å². The second kappa shape index (κ2) is 12.6. The summed E-state index contributed by atoms with van der Waals surface area (Å²) >= 11 is 0. The van der Waals surface area contributed by atoms with Gasteiger partial charge in [0.1, 0.15) is 23.1 Å². The molecule has 190 valence electrons. The lowest BCUT2D eigenvalue weighted by atomic mass is 9.77. The molecule has 0 saturated heterocycles.